The zero-order valence-electron chi connectivity index (χ0n) is 12.1. The van der Waals surface area contributed by atoms with Crippen LogP contribution in [-0.2, 0) is 4.74 Å². The summed E-state index contributed by atoms with van der Waals surface area (Å²) < 4.78 is 5.73. The summed E-state index contributed by atoms with van der Waals surface area (Å²) in [7, 11) is 0. The summed E-state index contributed by atoms with van der Waals surface area (Å²) in [5, 5.41) is 3.31. The Bertz CT molecular complexity index is 399. The Morgan fingerprint density at radius 1 is 1.42 bits per heavy atom. The average Bonchev–Trinajstić information content (AvgIpc) is 2.45. The van der Waals surface area contributed by atoms with Crippen molar-refractivity contribution in [2.75, 3.05) is 29.9 Å². The van der Waals surface area contributed by atoms with Crippen molar-refractivity contribution in [2.45, 2.75) is 45.8 Å². The number of nitrogens with zero attached hydrogens (tertiary/aromatic N) is 3. The van der Waals surface area contributed by atoms with E-state index < -0.39 is 0 Å². The first-order valence-electron chi connectivity index (χ1n) is 7.18. The van der Waals surface area contributed by atoms with Crippen LogP contribution in [0.1, 0.15) is 33.6 Å². The van der Waals surface area contributed by atoms with Gasteiger partial charge in [0.2, 0.25) is 0 Å². The fraction of sp³-hybridized carbons (Fsp3) is 0.714. The molecule has 106 valence electrons. The van der Waals surface area contributed by atoms with Crippen molar-refractivity contribution in [3.05, 3.63) is 12.4 Å². The van der Waals surface area contributed by atoms with E-state index in [0.717, 1.165) is 44.2 Å². The first-order valence-corrected chi connectivity index (χ1v) is 7.18. The fourth-order valence-corrected chi connectivity index (χ4v) is 2.32. The molecule has 2 heterocycles. The number of hydrogen-bond donors (Lipinski definition) is 1. The molecular weight excluding hydrogens is 240 g/mol. The second-order valence-electron chi connectivity index (χ2n) is 5.05. The van der Waals surface area contributed by atoms with E-state index in [9.17, 15) is 0 Å². The van der Waals surface area contributed by atoms with Crippen LogP contribution in [0.3, 0.4) is 0 Å². The van der Waals surface area contributed by atoms with Crippen molar-refractivity contribution >= 4 is 11.6 Å². The maximum Gasteiger partial charge on any atom is 0.134 e. The third-order valence-corrected chi connectivity index (χ3v) is 3.44. The second kappa shape index (κ2) is 6.70. The lowest BCUT2D eigenvalue weighted by molar-refractivity contribution is 0.0296. The largest absolute Gasteiger partial charge is 0.375 e. The molecule has 1 N–H and O–H groups in total. The van der Waals surface area contributed by atoms with E-state index in [2.05, 4.69) is 41.0 Å². The molecule has 0 radical (unpaired) electrons. The molecule has 2 unspecified atom stereocenters. The molecule has 1 aromatic heterocycles. The molecule has 0 bridgehead atoms. The SMILES string of the molecule is CCCNc1cc(N2CC(C)OCC2CC)ncn1. The van der Waals surface area contributed by atoms with Crippen LogP contribution in [0.2, 0.25) is 0 Å². The van der Waals surface area contributed by atoms with Crippen LogP contribution in [0.5, 0.6) is 0 Å². The lowest BCUT2D eigenvalue weighted by Crippen LogP contribution is -2.49. The molecule has 2 atom stereocenters. The highest BCUT2D eigenvalue weighted by atomic mass is 16.5. The van der Waals surface area contributed by atoms with Crippen LogP contribution in [0.15, 0.2) is 12.4 Å². The third kappa shape index (κ3) is 3.56. The topological polar surface area (TPSA) is 50.3 Å². The van der Waals surface area contributed by atoms with Crippen molar-refractivity contribution < 1.29 is 4.74 Å². The molecular formula is C14H24N4O. The highest BCUT2D eigenvalue weighted by molar-refractivity contribution is 5.49. The molecule has 2 rings (SSSR count). The normalized spacial score (nSPS) is 23.4. The van der Waals surface area contributed by atoms with E-state index in [-0.39, 0.29) is 6.10 Å². The van der Waals surface area contributed by atoms with Gasteiger partial charge in [-0.25, -0.2) is 9.97 Å². The van der Waals surface area contributed by atoms with Crippen molar-refractivity contribution in [1.29, 1.82) is 0 Å². The summed E-state index contributed by atoms with van der Waals surface area (Å²) in [6.45, 7) is 9.05. The van der Waals surface area contributed by atoms with E-state index in [0.29, 0.717) is 6.04 Å². The minimum atomic E-state index is 0.254. The van der Waals surface area contributed by atoms with E-state index in [1.54, 1.807) is 6.33 Å². The van der Waals surface area contributed by atoms with Gasteiger partial charge in [-0.3, -0.25) is 0 Å². The zero-order valence-corrected chi connectivity index (χ0v) is 12.1. The molecule has 0 amide bonds. The lowest BCUT2D eigenvalue weighted by Gasteiger charge is -2.39. The second-order valence-corrected chi connectivity index (χ2v) is 5.05. The predicted octanol–water partition coefficient (Wildman–Crippen LogP) is 2.30. The quantitative estimate of drug-likeness (QED) is 0.884. The number of nitrogens with one attached hydrogen (secondary N) is 1. The Balaban J connectivity index is 2.13. The maximum absolute atomic E-state index is 5.73. The Labute approximate surface area is 115 Å². The monoisotopic (exact) mass is 264 g/mol. The molecule has 1 aromatic rings. The van der Waals surface area contributed by atoms with Gasteiger partial charge in [-0.1, -0.05) is 13.8 Å². The smallest absolute Gasteiger partial charge is 0.134 e. The van der Waals surface area contributed by atoms with Gasteiger partial charge in [-0.15, -0.1) is 0 Å². The van der Waals surface area contributed by atoms with Crippen molar-refractivity contribution in [2.24, 2.45) is 0 Å². The minimum Gasteiger partial charge on any atom is -0.375 e. The van der Waals surface area contributed by atoms with Gasteiger partial charge in [0, 0.05) is 19.2 Å². The molecule has 5 heteroatoms. The molecule has 1 aliphatic rings. The van der Waals surface area contributed by atoms with E-state index in [4.69, 9.17) is 4.74 Å². The van der Waals surface area contributed by atoms with Crippen LogP contribution >= 0.6 is 0 Å². The van der Waals surface area contributed by atoms with Gasteiger partial charge in [0.15, 0.2) is 0 Å². The summed E-state index contributed by atoms with van der Waals surface area (Å²) in [6.07, 6.45) is 4.05. The standard InChI is InChI=1S/C14H24N4O/c1-4-6-15-13-7-14(17-10-16-13)18-8-11(3)19-9-12(18)5-2/h7,10-12H,4-6,8-9H2,1-3H3,(H,15,16,17). The highest BCUT2D eigenvalue weighted by Crippen LogP contribution is 2.22. The summed E-state index contributed by atoms with van der Waals surface area (Å²) >= 11 is 0. The van der Waals surface area contributed by atoms with Crippen LogP contribution in [0.4, 0.5) is 11.6 Å². The minimum absolute atomic E-state index is 0.254. The number of rotatable bonds is 5. The fourth-order valence-electron chi connectivity index (χ4n) is 2.32. The number of morpholine rings is 1. The number of hydrogen-bond acceptors (Lipinski definition) is 5. The Hall–Kier alpha value is -1.36. The van der Waals surface area contributed by atoms with Gasteiger partial charge < -0.3 is 15.0 Å². The van der Waals surface area contributed by atoms with Crippen molar-refractivity contribution in [1.82, 2.24) is 9.97 Å². The summed E-state index contributed by atoms with van der Waals surface area (Å²) in [5.74, 6) is 1.90. The van der Waals surface area contributed by atoms with Gasteiger partial charge in [0.1, 0.15) is 18.0 Å². The van der Waals surface area contributed by atoms with Crippen LogP contribution in [0, 0.1) is 0 Å². The molecule has 0 aromatic carbocycles. The number of aromatic nitrogens is 2. The number of anilines is 2. The number of ether oxygens (including phenoxy) is 1. The van der Waals surface area contributed by atoms with E-state index in [1.807, 2.05) is 6.07 Å². The van der Waals surface area contributed by atoms with Gasteiger partial charge >= 0.3 is 0 Å². The van der Waals surface area contributed by atoms with Crippen molar-refractivity contribution in [3.63, 3.8) is 0 Å². The predicted molar refractivity (Wildman–Crippen MR) is 77.7 cm³/mol. The average molecular weight is 264 g/mol. The molecule has 5 nitrogen and oxygen atoms in total. The molecule has 0 aliphatic carbocycles. The van der Waals surface area contributed by atoms with E-state index in [1.165, 1.54) is 0 Å². The van der Waals surface area contributed by atoms with Gasteiger partial charge in [0.05, 0.1) is 18.8 Å². The molecule has 0 saturated carbocycles. The Morgan fingerprint density at radius 2 is 2.26 bits per heavy atom. The molecule has 0 spiro atoms. The molecule has 1 fully saturated rings. The summed E-state index contributed by atoms with van der Waals surface area (Å²) in [4.78, 5) is 11.0. The summed E-state index contributed by atoms with van der Waals surface area (Å²) in [5.41, 5.74) is 0. The Kier molecular flexibility index (Phi) is 4.96. The van der Waals surface area contributed by atoms with Gasteiger partial charge in [0.25, 0.3) is 0 Å². The lowest BCUT2D eigenvalue weighted by atomic mass is 10.1. The maximum atomic E-state index is 5.73. The van der Waals surface area contributed by atoms with Crippen LogP contribution in [-0.4, -0.2) is 41.8 Å². The first-order chi connectivity index (χ1) is 9.24. The summed E-state index contributed by atoms with van der Waals surface area (Å²) in [6, 6.07) is 2.45. The van der Waals surface area contributed by atoms with Gasteiger partial charge in [-0.2, -0.15) is 0 Å². The first kappa shape index (κ1) is 14.1. The van der Waals surface area contributed by atoms with Gasteiger partial charge in [-0.05, 0) is 19.8 Å². The Morgan fingerprint density at radius 3 is 3.00 bits per heavy atom. The highest BCUT2D eigenvalue weighted by Gasteiger charge is 2.26. The third-order valence-electron chi connectivity index (χ3n) is 3.44. The van der Waals surface area contributed by atoms with Crippen molar-refractivity contribution in [3.8, 4) is 0 Å². The zero-order chi connectivity index (χ0) is 13.7. The molecule has 19 heavy (non-hydrogen) atoms. The van der Waals surface area contributed by atoms with E-state index >= 15 is 0 Å². The van der Waals surface area contributed by atoms with Crippen LogP contribution in [0.25, 0.3) is 0 Å². The molecule has 1 aliphatic heterocycles. The molecule has 1 saturated heterocycles. The van der Waals surface area contributed by atoms with Crippen LogP contribution < -0.4 is 10.2 Å².